The van der Waals surface area contributed by atoms with Gasteiger partial charge in [-0.25, -0.2) is 0 Å². The lowest BCUT2D eigenvalue weighted by Gasteiger charge is -2.38. The van der Waals surface area contributed by atoms with Crippen LogP contribution in [0, 0.1) is 18.3 Å². The van der Waals surface area contributed by atoms with E-state index in [0.717, 1.165) is 54.1 Å². The van der Waals surface area contributed by atoms with Gasteiger partial charge in [-0.1, -0.05) is 47.5 Å². The van der Waals surface area contributed by atoms with Gasteiger partial charge in [0, 0.05) is 47.5 Å². The summed E-state index contributed by atoms with van der Waals surface area (Å²) in [5, 5.41) is 11.0. The molecule has 0 unspecified atom stereocenters. The zero-order valence-corrected chi connectivity index (χ0v) is 17.7. The van der Waals surface area contributed by atoms with Crippen molar-refractivity contribution in [2.45, 2.75) is 6.92 Å². The molecule has 0 saturated carbocycles. The Labute approximate surface area is 181 Å². The fourth-order valence-corrected chi connectivity index (χ4v) is 4.40. The molecule has 1 fully saturated rings. The second kappa shape index (κ2) is 8.37. The Kier molecular flexibility index (Phi) is 5.67. The quantitative estimate of drug-likeness (QED) is 0.506. The Bertz CT molecular complexity index is 1070. The maximum Gasteiger partial charge on any atom is 0.102 e. The summed E-state index contributed by atoms with van der Waals surface area (Å²) in [5.74, 6) is 0. The van der Waals surface area contributed by atoms with Crippen LogP contribution in [0.2, 0.25) is 10.0 Å². The molecule has 29 heavy (non-hydrogen) atoms. The van der Waals surface area contributed by atoms with Crippen molar-refractivity contribution < 1.29 is 0 Å². The second-order valence-corrected chi connectivity index (χ2v) is 8.08. The molecule has 0 bridgehead atoms. The van der Waals surface area contributed by atoms with Crippen LogP contribution in [0.15, 0.2) is 60.7 Å². The minimum atomic E-state index is 0.612. The van der Waals surface area contributed by atoms with Crippen molar-refractivity contribution in [1.29, 1.82) is 5.26 Å². The minimum Gasteiger partial charge on any atom is -0.368 e. The van der Waals surface area contributed by atoms with E-state index in [1.807, 2.05) is 31.2 Å². The Balaban J connectivity index is 1.65. The van der Waals surface area contributed by atoms with E-state index in [1.165, 1.54) is 5.69 Å². The number of aryl methyl sites for hydroxylation is 1. The molecule has 0 aromatic heterocycles. The van der Waals surface area contributed by atoms with Crippen molar-refractivity contribution in [3.63, 3.8) is 0 Å². The maximum absolute atomic E-state index is 9.78. The van der Waals surface area contributed by atoms with E-state index in [1.54, 1.807) is 6.07 Å². The molecule has 0 N–H and O–H groups in total. The molecule has 146 valence electrons. The molecule has 5 heteroatoms. The molecule has 1 aliphatic rings. The van der Waals surface area contributed by atoms with E-state index >= 15 is 0 Å². The summed E-state index contributed by atoms with van der Waals surface area (Å²) >= 11 is 12.5. The molecule has 1 aliphatic heterocycles. The SMILES string of the molecule is Cc1cc(-c2ccc(Cl)cc2Cl)cc(N2CCN(c3ccccc3)CC2)c1C#N. The molecule has 4 rings (SSSR count). The van der Waals surface area contributed by atoms with Crippen LogP contribution >= 0.6 is 23.2 Å². The predicted octanol–water partition coefficient (Wildman–Crippen LogP) is 6.17. The molecule has 3 aromatic carbocycles. The Morgan fingerprint density at radius 3 is 2.21 bits per heavy atom. The van der Waals surface area contributed by atoms with Crippen LogP contribution in [-0.4, -0.2) is 26.2 Å². The Morgan fingerprint density at radius 1 is 0.862 bits per heavy atom. The molecule has 3 aromatic rings. The molecule has 0 aliphatic carbocycles. The van der Waals surface area contributed by atoms with Crippen molar-refractivity contribution in [1.82, 2.24) is 0 Å². The summed E-state index contributed by atoms with van der Waals surface area (Å²) in [5.41, 5.74) is 5.83. The fraction of sp³-hybridized carbons (Fsp3) is 0.208. The number of anilines is 2. The highest BCUT2D eigenvalue weighted by molar-refractivity contribution is 6.36. The maximum atomic E-state index is 9.78. The van der Waals surface area contributed by atoms with Gasteiger partial charge in [0.25, 0.3) is 0 Å². The lowest BCUT2D eigenvalue weighted by atomic mass is 9.97. The number of hydrogen-bond acceptors (Lipinski definition) is 3. The van der Waals surface area contributed by atoms with Crippen LogP contribution in [0.3, 0.4) is 0 Å². The largest absolute Gasteiger partial charge is 0.368 e. The average Bonchev–Trinajstić information content (AvgIpc) is 2.74. The first-order chi connectivity index (χ1) is 14.1. The summed E-state index contributed by atoms with van der Waals surface area (Å²) in [6.07, 6.45) is 0. The van der Waals surface area contributed by atoms with E-state index in [9.17, 15) is 5.26 Å². The average molecular weight is 422 g/mol. The highest BCUT2D eigenvalue weighted by atomic mass is 35.5. The van der Waals surface area contributed by atoms with Crippen molar-refractivity contribution >= 4 is 34.6 Å². The summed E-state index contributed by atoms with van der Waals surface area (Å²) in [6, 6.07) is 22.5. The van der Waals surface area contributed by atoms with E-state index in [2.05, 4.69) is 46.2 Å². The van der Waals surface area contributed by atoms with E-state index < -0.39 is 0 Å². The van der Waals surface area contributed by atoms with Gasteiger partial charge in [0.1, 0.15) is 6.07 Å². The van der Waals surface area contributed by atoms with E-state index in [4.69, 9.17) is 23.2 Å². The standard InChI is InChI=1S/C24H21Cl2N3/c1-17-13-18(21-8-7-19(25)15-23(21)26)14-24(22(17)16-27)29-11-9-28(10-12-29)20-5-3-2-4-6-20/h2-8,13-15H,9-12H2,1H3. The third-order valence-electron chi connectivity index (χ3n) is 5.41. The topological polar surface area (TPSA) is 30.3 Å². The van der Waals surface area contributed by atoms with Gasteiger partial charge in [0.05, 0.1) is 11.3 Å². The summed E-state index contributed by atoms with van der Waals surface area (Å²) in [4.78, 5) is 4.69. The molecule has 1 saturated heterocycles. The number of para-hydroxylation sites is 1. The van der Waals surface area contributed by atoms with Crippen molar-refractivity contribution in [2.24, 2.45) is 0 Å². The molecule has 0 amide bonds. The summed E-state index contributed by atoms with van der Waals surface area (Å²) in [7, 11) is 0. The van der Waals surface area contributed by atoms with Crippen LogP contribution in [-0.2, 0) is 0 Å². The molecule has 0 atom stereocenters. The van der Waals surface area contributed by atoms with Crippen LogP contribution in [0.4, 0.5) is 11.4 Å². The smallest absolute Gasteiger partial charge is 0.102 e. The third-order valence-corrected chi connectivity index (χ3v) is 5.96. The molecular weight excluding hydrogens is 401 g/mol. The third kappa shape index (κ3) is 4.05. The molecule has 0 spiro atoms. The molecule has 3 nitrogen and oxygen atoms in total. The Morgan fingerprint density at radius 2 is 1.55 bits per heavy atom. The zero-order valence-electron chi connectivity index (χ0n) is 16.2. The number of piperazine rings is 1. The zero-order chi connectivity index (χ0) is 20.4. The highest BCUT2D eigenvalue weighted by Gasteiger charge is 2.21. The summed E-state index contributed by atoms with van der Waals surface area (Å²) in [6.45, 7) is 5.54. The first-order valence-corrected chi connectivity index (χ1v) is 10.4. The molecule has 0 radical (unpaired) electrons. The number of benzene rings is 3. The lowest BCUT2D eigenvalue weighted by Crippen LogP contribution is -2.46. The van der Waals surface area contributed by atoms with Gasteiger partial charge in [-0.05, 0) is 54.4 Å². The number of hydrogen-bond donors (Lipinski definition) is 0. The first-order valence-electron chi connectivity index (χ1n) is 9.62. The van der Waals surface area contributed by atoms with E-state index in [0.29, 0.717) is 10.0 Å². The number of nitriles is 1. The number of halogens is 2. The van der Waals surface area contributed by atoms with Gasteiger partial charge in [-0.2, -0.15) is 5.26 Å². The normalized spacial score (nSPS) is 14.0. The predicted molar refractivity (Wildman–Crippen MR) is 122 cm³/mol. The fourth-order valence-electron chi connectivity index (χ4n) is 3.89. The minimum absolute atomic E-state index is 0.612. The summed E-state index contributed by atoms with van der Waals surface area (Å²) < 4.78 is 0. The second-order valence-electron chi connectivity index (χ2n) is 7.23. The Hall–Kier alpha value is -2.67. The molecule has 1 heterocycles. The number of nitrogens with zero attached hydrogens (tertiary/aromatic N) is 3. The van der Waals surface area contributed by atoms with Gasteiger partial charge in [0.15, 0.2) is 0 Å². The van der Waals surface area contributed by atoms with Gasteiger partial charge < -0.3 is 9.80 Å². The van der Waals surface area contributed by atoms with Crippen LogP contribution in [0.1, 0.15) is 11.1 Å². The highest BCUT2D eigenvalue weighted by Crippen LogP contribution is 2.36. The van der Waals surface area contributed by atoms with Crippen LogP contribution in [0.5, 0.6) is 0 Å². The van der Waals surface area contributed by atoms with Crippen molar-refractivity contribution in [3.05, 3.63) is 81.8 Å². The monoisotopic (exact) mass is 421 g/mol. The molecular formula is C24H21Cl2N3. The van der Waals surface area contributed by atoms with Crippen LogP contribution < -0.4 is 9.80 Å². The van der Waals surface area contributed by atoms with E-state index in [-0.39, 0.29) is 0 Å². The van der Waals surface area contributed by atoms with Crippen molar-refractivity contribution in [2.75, 3.05) is 36.0 Å². The first kappa shape index (κ1) is 19.6. The van der Waals surface area contributed by atoms with Crippen molar-refractivity contribution in [3.8, 4) is 17.2 Å². The van der Waals surface area contributed by atoms with Gasteiger partial charge >= 0.3 is 0 Å². The van der Waals surface area contributed by atoms with Gasteiger partial charge in [-0.3, -0.25) is 0 Å². The number of rotatable bonds is 3. The lowest BCUT2D eigenvalue weighted by molar-refractivity contribution is 0.653. The van der Waals surface area contributed by atoms with Crippen LogP contribution in [0.25, 0.3) is 11.1 Å². The van der Waals surface area contributed by atoms with Gasteiger partial charge in [0.2, 0.25) is 0 Å². The van der Waals surface area contributed by atoms with Gasteiger partial charge in [-0.15, -0.1) is 0 Å².